The van der Waals surface area contributed by atoms with Crippen LogP contribution in [0.15, 0.2) is 48.5 Å². The number of anilines is 1. The molecule has 2 atom stereocenters. The topological polar surface area (TPSA) is 135 Å². The third-order valence-corrected chi connectivity index (χ3v) is 7.03. The van der Waals surface area contributed by atoms with Gasteiger partial charge in [0.05, 0.1) is 31.0 Å². The van der Waals surface area contributed by atoms with Crippen molar-refractivity contribution >= 4 is 27.8 Å². The molecule has 11 heteroatoms. The maximum atomic E-state index is 12.3. The van der Waals surface area contributed by atoms with Crippen LogP contribution in [0.4, 0.5) is 10.5 Å². The third kappa shape index (κ3) is 7.44. The van der Waals surface area contributed by atoms with Crippen molar-refractivity contribution in [1.29, 1.82) is 5.26 Å². The summed E-state index contributed by atoms with van der Waals surface area (Å²) in [4.78, 5) is 25.8. The minimum atomic E-state index is -3.61. The standard InChI is InChI=1S/C25H29N3O7S/c1-3-4-13-36(31,32)27-23(24(29)33-2)14-18-7-11-21(12-8-18)34-17-22-16-28(25(30)35-22)20-9-5-19(15-26)6-10-20/h5-12,22-23,27H,3-4,13-14,16-17H2,1-2H3. The van der Waals surface area contributed by atoms with Crippen LogP contribution in [0.2, 0.25) is 0 Å². The van der Waals surface area contributed by atoms with Crippen molar-refractivity contribution < 1.29 is 32.2 Å². The van der Waals surface area contributed by atoms with E-state index in [1.54, 1.807) is 48.5 Å². The fraction of sp³-hybridized carbons (Fsp3) is 0.400. The second kappa shape index (κ2) is 12.4. The number of benzene rings is 2. The minimum absolute atomic E-state index is 0.0574. The Bertz CT molecular complexity index is 1190. The smallest absolute Gasteiger partial charge is 0.414 e. The Labute approximate surface area is 210 Å². The van der Waals surface area contributed by atoms with Crippen LogP contribution in [0.1, 0.15) is 30.9 Å². The van der Waals surface area contributed by atoms with Crippen molar-refractivity contribution in [3.05, 3.63) is 59.7 Å². The Balaban J connectivity index is 1.55. The normalized spacial score (nSPS) is 16.2. The molecule has 0 spiro atoms. The molecule has 36 heavy (non-hydrogen) atoms. The van der Waals surface area contributed by atoms with E-state index in [1.807, 2.05) is 13.0 Å². The predicted molar refractivity (Wildman–Crippen MR) is 132 cm³/mol. The summed E-state index contributed by atoms with van der Waals surface area (Å²) in [5, 5.41) is 8.92. The predicted octanol–water partition coefficient (Wildman–Crippen LogP) is 2.77. The van der Waals surface area contributed by atoms with E-state index < -0.39 is 34.2 Å². The number of ether oxygens (including phenoxy) is 3. The maximum absolute atomic E-state index is 12.3. The molecule has 0 saturated carbocycles. The molecule has 1 N–H and O–H groups in total. The lowest BCUT2D eigenvalue weighted by Gasteiger charge is -2.17. The molecule has 0 aliphatic carbocycles. The molecule has 1 aliphatic heterocycles. The zero-order valence-electron chi connectivity index (χ0n) is 20.2. The molecule has 0 radical (unpaired) electrons. The van der Waals surface area contributed by atoms with Gasteiger partial charge in [0.1, 0.15) is 18.4 Å². The van der Waals surface area contributed by atoms with Crippen LogP contribution >= 0.6 is 0 Å². The van der Waals surface area contributed by atoms with Gasteiger partial charge < -0.3 is 14.2 Å². The Hall–Kier alpha value is -3.62. The van der Waals surface area contributed by atoms with Gasteiger partial charge in [0.2, 0.25) is 10.0 Å². The first-order valence-corrected chi connectivity index (χ1v) is 13.2. The molecule has 192 valence electrons. The number of cyclic esters (lactones) is 1. The highest BCUT2D eigenvalue weighted by Crippen LogP contribution is 2.23. The summed E-state index contributed by atoms with van der Waals surface area (Å²) >= 11 is 0. The monoisotopic (exact) mass is 515 g/mol. The zero-order chi connectivity index (χ0) is 26.1. The van der Waals surface area contributed by atoms with E-state index in [0.717, 1.165) is 12.0 Å². The van der Waals surface area contributed by atoms with E-state index in [9.17, 15) is 18.0 Å². The van der Waals surface area contributed by atoms with E-state index in [4.69, 9.17) is 19.5 Å². The largest absolute Gasteiger partial charge is 0.490 e. The van der Waals surface area contributed by atoms with Gasteiger partial charge in [-0.05, 0) is 54.8 Å². The molecule has 1 amide bonds. The van der Waals surface area contributed by atoms with Crippen LogP contribution in [0.25, 0.3) is 0 Å². The second-order valence-electron chi connectivity index (χ2n) is 8.30. The first-order chi connectivity index (χ1) is 17.2. The van der Waals surface area contributed by atoms with Crippen molar-refractivity contribution in [3.8, 4) is 11.8 Å². The van der Waals surface area contributed by atoms with Gasteiger partial charge >= 0.3 is 12.1 Å². The quantitative estimate of drug-likeness (QED) is 0.426. The molecule has 1 heterocycles. The summed E-state index contributed by atoms with van der Waals surface area (Å²) < 4.78 is 42.8. The van der Waals surface area contributed by atoms with E-state index in [-0.39, 0.29) is 18.8 Å². The molecule has 2 aromatic rings. The van der Waals surface area contributed by atoms with Crippen molar-refractivity contribution in [2.75, 3.05) is 30.9 Å². The molecule has 3 rings (SSSR count). The van der Waals surface area contributed by atoms with Gasteiger partial charge in [0, 0.05) is 5.69 Å². The van der Waals surface area contributed by atoms with Crippen LogP contribution < -0.4 is 14.4 Å². The van der Waals surface area contributed by atoms with E-state index >= 15 is 0 Å². The minimum Gasteiger partial charge on any atom is -0.490 e. The van der Waals surface area contributed by atoms with Crippen LogP contribution in [-0.4, -0.2) is 58.6 Å². The van der Waals surface area contributed by atoms with Crippen LogP contribution in [0, 0.1) is 11.3 Å². The second-order valence-corrected chi connectivity index (χ2v) is 10.2. The number of carbonyl (C=O) groups is 2. The number of methoxy groups -OCH3 is 1. The molecule has 2 aromatic carbocycles. The summed E-state index contributed by atoms with van der Waals surface area (Å²) in [5.41, 5.74) is 1.85. The van der Waals surface area contributed by atoms with Gasteiger partial charge in [0.15, 0.2) is 6.10 Å². The number of unbranched alkanes of at least 4 members (excludes halogenated alkanes) is 1. The number of nitrogens with zero attached hydrogens (tertiary/aromatic N) is 2. The molecule has 0 aromatic heterocycles. The van der Waals surface area contributed by atoms with Crippen molar-refractivity contribution in [1.82, 2.24) is 4.72 Å². The number of hydrogen-bond donors (Lipinski definition) is 1. The van der Waals surface area contributed by atoms with Crippen molar-refractivity contribution in [3.63, 3.8) is 0 Å². The van der Waals surface area contributed by atoms with Gasteiger partial charge in [-0.25, -0.2) is 17.9 Å². The Morgan fingerprint density at radius 3 is 2.53 bits per heavy atom. The number of nitrogens with one attached hydrogen (secondary N) is 1. The van der Waals surface area contributed by atoms with Crippen LogP contribution in [0.3, 0.4) is 0 Å². The average molecular weight is 516 g/mol. The summed E-state index contributed by atoms with van der Waals surface area (Å²) in [6.07, 6.45) is 0.376. The summed E-state index contributed by atoms with van der Waals surface area (Å²) in [6, 6.07) is 14.5. The fourth-order valence-electron chi connectivity index (χ4n) is 3.61. The lowest BCUT2D eigenvalue weighted by molar-refractivity contribution is -0.142. The lowest BCUT2D eigenvalue weighted by atomic mass is 10.1. The number of nitriles is 1. The average Bonchev–Trinajstić information content (AvgIpc) is 3.26. The van der Waals surface area contributed by atoms with Crippen LogP contribution in [-0.2, 0) is 30.7 Å². The SMILES string of the molecule is CCCCS(=O)(=O)NC(Cc1ccc(OCC2CN(c3ccc(C#N)cc3)C(=O)O2)cc1)C(=O)OC. The number of esters is 1. The Morgan fingerprint density at radius 2 is 1.92 bits per heavy atom. The summed E-state index contributed by atoms with van der Waals surface area (Å²) in [5.74, 6) is -0.187. The zero-order valence-corrected chi connectivity index (χ0v) is 21.0. The molecule has 1 saturated heterocycles. The molecule has 1 fully saturated rings. The number of amides is 1. The molecule has 10 nitrogen and oxygen atoms in total. The van der Waals surface area contributed by atoms with Gasteiger partial charge in [0.25, 0.3) is 0 Å². The molecule has 0 bridgehead atoms. The van der Waals surface area contributed by atoms with Crippen LogP contribution in [0.5, 0.6) is 5.75 Å². The van der Waals surface area contributed by atoms with Crippen molar-refractivity contribution in [2.45, 2.75) is 38.3 Å². The highest BCUT2D eigenvalue weighted by Gasteiger charge is 2.33. The van der Waals surface area contributed by atoms with Gasteiger partial charge in [-0.1, -0.05) is 25.5 Å². The van der Waals surface area contributed by atoms with E-state index in [2.05, 4.69) is 4.72 Å². The van der Waals surface area contributed by atoms with Gasteiger partial charge in [-0.2, -0.15) is 5.26 Å². The molecule has 2 unspecified atom stereocenters. The first kappa shape index (κ1) is 27.0. The van der Waals surface area contributed by atoms with E-state index in [1.165, 1.54) is 12.0 Å². The number of carbonyl (C=O) groups excluding carboxylic acids is 2. The first-order valence-electron chi connectivity index (χ1n) is 11.5. The van der Waals surface area contributed by atoms with Gasteiger partial charge in [-0.3, -0.25) is 9.69 Å². The van der Waals surface area contributed by atoms with Gasteiger partial charge in [-0.15, -0.1) is 0 Å². The maximum Gasteiger partial charge on any atom is 0.414 e. The van der Waals surface area contributed by atoms with Crippen molar-refractivity contribution in [2.24, 2.45) is 0 Å². The highest BCUT2D eigenvalue weighted by atomic mass is 32.2. The molecule has 1 aliphatic rings. The molecular formula is C25H29N3O7S. The Kier molecular flexibility index (Phi) is 9.27. The number of hydrogen-bond acceptors (Lipinski definition) is 8. The molecular weight excluding hydrogens is 486 g/mol. The van der Waals surface area contributed by atoms with E-state index in [0.29, 0.717) is 30.0 Å². The number of sulfonamides is 1. The lowest BCUT2D eigenvalue weighted by Crippen LogP contribution is -2.43. The fourth-order valence-corrected chi connectivity index (χ4v) is 5.01. The number of rotatable bonds is 12. The summed E-state index contributed by atoms with van der Waals surface area (Å²) in [7, 11) is -2.40. The third-order valence-electron chi connectivity index (χ3n) is 5.56. The summed E-state index contributed by atoms with van der Waals surface area (Å²) in [6.45, 7) is 2.33. The highest BCUT2D eigenvalue weighted by molar-refractivity contribution is 7.89. The Morgan fingerprint density at radius 1 is 1.22 bits per heavy atom.